The predicted molar refractivity (Wildman–Crippen MR) is 92.4 cm³/mol. The van der Waals surface area contributed by atoms with Gasteiger partial charge in [0, 0.05) is 18.5 Å². The quantitative estimate of drug-likeness (QED) is 0.700. The number of hydrogen-bond acceptors (Lipinski definition) is 4. The lowest BCUT2D eigenvalue weighted by atomic mass is 9.88. The summed E-state index contributed by atoms with van der Waals surface area (Å²) >= 11 is 0. The molecule has 0 saturated heterocycles. The molecular weight excluding hydrogens is 306 g/mol. The number of aromatic nitrogens is 1. The number of nitrogens with one attached hydrogen (secondary N) is 1. The molecule has 1 aromatic rings. The molecule has 1 aromatic heterocycles. The zero-order valence-electron chi connectivity index (χ0n) is 14.6. The molecular formula is C18H29N3O3. The van der Waals surface area contributed by atoms with Crippen LogP contribution in [0.25, 0.3) is 0 Å². The van der Waals surface area contributed by atoms with E-state index in [9.17, 15) is 9.59 Å². The first-order valence-corrected chi connectivity index (χ1v) is 9.19. The fourth-order valence-corrected chi connectivity index (χ4v) is 3.24. The van der Waals surface area contributed by atoms with Gasteiger partial charge in [-0.1, -0.05) is 50.6 Å². The minimum atomic E-state index is -0.219. The number of rotatable bonds is 9. The van der Waals surface area contributed by atoms with E-state index >= 15 is 0 Å². The highest BCUT2D eigenvalue weighted by Crippen LogP contribution is 2.25. The molecule has 0 bridgehead atoms. The van der Waals surface area contributed by atoms with Gasteiger partial charge in [0.2, 0.25) is 11.8 Å². The highest BCUT2D eigenvalue weighted by molar-refractivity contribution is 5.94. The summed E-state index contributed by atoms with van der Waals surface area (Å²) in [5, 5.41) is 6.35. The average Bonchev–Trinajstić information content (AvgIpc) is 3.10. The van der Waals surface area contributed by atoms with E-state index in [1.54, 1.807) is 11.0 Å². The van der Waals surface area contributed by atoms with Gasteiger partial charge in [0.15, 0.2) is 5.82 Å². The monoisotopic (exact) mass is 335 g/mol. The second-order valence-electron chi connectivity index (χ2n) is 6.59. The fourth-order valence-electron chi connectivity index (χ4n) is 3.24. The summed E-state index contributed by atoms with van der Waals surface area (Å²) in [6.07, 6.45) is 11.1. The van der Waals surface area contributed by atoms with Gasteiger partial charge in [-0.15, -0.1) is 0 Å². The van der Waals surface area contributed by atoms with Crippen molar-refractivity contribution in [3.63, 3.8) is 0 Å². The summed E-state index contributed by atoms with van der Waals surface area (Å²) in [7, 11) is 0. The normalized spacial score (nSPS) is 15.2. The van der Waals surface area contributed by atoms with Gasteiger partial charge in [-0.2, -0.15) is 0 Å². The molecule has 0 aliphatic heterocycles. The third-order valence-corrected chi connectivity index (χ3v) is 4.59. The van der Waals surface area contributed by atoms with E-state index in [0.717, 1.165) is 51.4 Å². The van der Waals surface area contributed by atoms with E-state index in [0.29, 0.717) is 12.4 Å². The van der Waals surface area contributed by atoms with Crippen molar-refractivity contribution in [1.29, 1.82) is 0 Å². The molecule has 1 heterocycles. The van der Waals surface area contributed by atoms with Gasteiger partial charge in [-0.3, -0.25) is 9.59 Å². The van der Waals surface area contributed by atoms with Gasteiger partial charge in [0.1, 0.15) is 6.26 Å². The molecule has 0 spiro atoms. The van der Waals surface area contributed by atoms with Crippen LogP contribution in [0, 0.1) is 5.92 Å². The van der Waals surface area contributed by atoms with Gasteiger partial charge in [-0.05, 0) is 19.3 Å². The van der Waals surface area contributed by atoms with E-state index in [1.807, 2.05) is 0 Å². The molecule has 24 heavy (non-hydrogen) atoms. The number of anilines is 1. The van der Waals surface area contributed by atoms with E-state index in [1.165, 1.54) is 12.7 Å². The molecule has 0 atom stereocenters. The van der Waals surface area contributed by atoms with Crippen LogP contribution < -0.4 is 5.32 Å². The van der Waals surface area contributed by atoms with Gasteiger partial charge < -0.3 is 14.7 Å². The highest BCUT2D eigenvalue weighted by Gasteiger charge is 2.27. The van der Waals surface area contributed by atoms with Crippen LogP contribution in [0.1, 0.15) is 64.7 Å². The van der Waals surface area contributed by atoms with Crippen molar-refractivity contribution in [3.05, 3.63) is 12.3 Å². The first kappa shape index (κ1) is 18.5. The molecule has 1 aliphatic carbocycles. The van der Waals surface area contributed by atoms with E-state index in [-0.39, 0.29) is 24.3 Å². The van der Waals surface area contributed by atoms with Gasteiger partial charge in [0.05, 0.1) is 6.54 Å². The standard InChI is InChI=1S/C18H29N3O3/c1-2-3-4-8-12-21(18(23)15-9-6-5-7-10-15)14-17(22)19-16-11-13-24-20-16/h11,13,15H,2-10,12,14H2,1H3,(H,19,20,22). The van der Waals surface area contributed by atoms with E-state index < -0.39 is 0 Å². The molecule has 1 N–H and O–H groups in total. The molecule has 134 valence electrons. The molecule has 0 aromatic carbocycles. The maximum absolute atomic E-state index is 12.8. The number of amides is 2. The summed E-state index contributed by atoms with van der Waals surface area (Å²) < 4.78 is 4.71. The van der Waals surface area contributed by atoms with E-state index in [2.05, 4.69) is 17.4 Å². The zero-order valence-corrected chi connectivity index (χ0v) is 14.6. The van der Waals surface area contributed by atoms with Crippen molar-refractivity contribution in [2.45, 2.75) is 64.7 Å². The minimum Gasteiger partial charge on any atom is -0.363 e. The van der Waals surface area contributed by atoms with Gasteiger partial charge in [0.25, 0.3) is 0 Å². The Hall–Kier alpha value is -1.85. The lowest BCUT2D eigenvalue weighted by molar-refractivity contribution is -0.139. The smallest absolute Gasteiger partial charge is 0.245 e. The first-order valence-electron chi connectivity index (χ1n) is 9.19. The average molecular weight is 335 g/mol. The number of unbranched alkanes of at least 4 members (excludes halogenated alkanes) is 3. The Morgan fingerprint density at radius 1 is 1.25 bits per heavy atom. The third-order valence-electron chi connectivity index (χ3n) is 4.59. The molecule has 2 rings (SSSR count). The Morgan fingerprint density at radius 2 is 2.04 bits per heavy atom. The number of carbonyl (C=O) groups excluding carboxylic acids is 2. The first-order chi connectivity index (χ1) is 11.7. The van der Waals surface area contributed by atoms with Crippen molar-refractivity contribution < 1.29 is 14.1 Å². The SMILES string of the molecule is CCCCCCN(CC(=O)Nc1ccon1)C(=O)C1CCCCC1. The van der Waals surface area contributed by atoms with Crippen LogP contribution in [0.5, 0.6) is 0 Å². The topological polar surface area (TPSA) is 75.4 Å². The minimum absolute atomic E-state index is 0.0878. The van der Waals surface area contributed by atoms with E-state index in [4.69, 9.17) is 4.52 Å². The molecule has 1 aliphatic rings. The summed E-state index contributed by atoms with van der Waals surface area (Å²) in [4.78, 5) is 26.8. The lowest BCUT2D eigenvalue weighted by Crippen LogP contribution is -2.42. The van der Waals surface area contributed by atoms with Crippen LogP contribution in [0.15, 0.2) is 16.9 Å². The van der Waals surface area contributed by atoms with Gasteiger partial charge >= 0.3 is 0 Å². The maximum Gasteiger partial charge on any atom is 0.245 e. The number of hydrogen-bond donors (Lipinski definition) is 1. The molecule has 0 radical (unpaired) electrons. The largest absolute Gasteiger partial charge is 0.363 e. The zero-order chi connectivity index (χ0) is 17.2. The molecule has 1 saturated carbocycles. The van der Waals surface area contributed by atoms with Crippen LogP contribution in [-0.4, -0.2) is 35.0 Å². The molecule has 6 nitrogen and oxygen atoms in total. The van der Waals surface area contributed by atoms with Crippen molar-refractivity contribution in [1.82, 2.24) is 10.1 Å². The highest BCUT2D eigenvalue weighted by atomic mass is 16.5. The fraction of sp³-hybridized carbons (Fsp3) is 0.722. The summed E-state index contributed by atoms with van der Waals surface area (Å²) in [5.74, 6) is 0.394. The van der Waals surface area contributed by atoms with Crippen LogP contribution in [0.4, 0.5) is 5.82 Å². The Labute approximate surface area is 143 Å². The third kappa shape index (κ3) is 5.98. The van der Waals surface area contributed by atoms with Crippen LogP contribution >= 0.6 is 0 Å². The molecule has 0 unspecified atom stereocenters. The summed E-state index contributed by atoms with van der Waals surface area (Å²) in [5.41, 5.74) is 0. The van der Waals surface area contributed by atoms with Crippen molar-refractivity contribution >= 4 is 17.6 Å². The molecule has 1 fully saturated rings. The maximum atomic E-state index is 12.8. The van der Waals surface area contributed by atoms with Crippen LogP contribution in [0.3, 0.4) is 0 Å². The summed E-state index contributed by atoms with van der Waals surface area (Å²) in [6, 6.07) is 1.59. The Bertz CT molecular complexity index is 496. The Balaban J connectivity index is 1.90. The Kier molecular flexibility index (Phi) is 7.79. The Morgan fingerprint density at radius 3 is 2.71 bits per heavy atom. The van der Waals surface area contributed by atoms with Crippen molar-refractivity contribution in [2.75, 3.05) is 18.4 Å². The van der Waals surface area contributed by atoms with Crippen LogP contribution in [-0.2, 0) is 9.59 Å². The number of carbonyl (C=O) groups is 2. The number of nitrogens with zero attached hydrogens (tertiary/aromatic N) is 2. The lowest BCUT2D eigenvalue weighted by Gasteiger charge is -2.29. The van der Waals surface area contributed by atoms with Crippen LogP contribution in [0.2, 0.25) is 0 Å². The second kappa shape index (κ2) is 10.1. The predicted octanol–water partition coefficient (Wildman–Crippen LogP) is 3.60. The summed E-state index contributed by atoms with van der Waals surface area (Å²) in [6.45, 7) is 2.91. The molecule has 6 heteroatoms. The van der Waals surface area contributed by atoms with Gasteiger partial charge in [-0.25, -0.2) is 0 Å². The molecule has 2 amide bonds. The van der Waals surface area contributed by atoms with Crippen molar-refractivity contribution in [3.8, 4) is 0 Å². The van der Waals surface area contributed by atoms with Crippen molar-refractivity contribution in [2.24, 2.45) is 5.92 Å². The second-order valence-corrected chi connectivity index (χ2v) is 6.59.